The molecule has 64 heavy (non-hydrogen) atoms. The van der Waals surface area contributed by atoms with Crippen LogP contribution >= 0.6 is 0 Å². The van der Waals surface area contributed by atoms with E-state index in [1.807, 2.05) is 6.07 Å². The first kappa shape index (κ1) is 37.5. The minimum atomic E-state index is -0.255. The fourth-order valence-electron chi connectivity index (χ4n) is 9.98. The number of nitrogens with zero attached hydrogens (tertiary/aromatic N) is 3. The van der Waals surface area contributed by atoms with Crippen LogP contribution < -0.4 is 0 Å². The van der Waals surface area contributed by atoms with Crippen LogP contribution in [0.3, 0.4) is 0 Å². The zero-order valence-electron chi connectivity index (χ0n) is 35.3. The van der Waals surface area contributed by atoms with Crippen molar-refractivity contribution in [3.8, 4) is 78.7 Å². The number of hydrogen-bond acceptors (Lipinski definition) is 3. The number of fused-ring (bicyclic) bond motifs is 5. The molecule has 1 unspecified atom stereocenters. The second kappa shape index (κ2) is 15.3. The molecule has 300 valence electrons. The van der Waals surface area contributed by atoms with Gasteiger partial charge in [-0.2, -0.15) is 0 Å². The topological polar surface area (TPSA) is 38.7 Å². The van der Waals surface area contributed by atoms with Crippen LogP contribution in [-0.4, -0.2) is 15.0 Å². The lowest BCUT2D eigenvalue weighted by molar-refractivity contribution is 0.714. The van der Waals surface area contributed by atoms with Crippen LogP contribution in [0, 0.1) is 0 Å². The highest BCUT2D eigenvalue weighted by molar-refractivity contribution is 6.03. The van der Waals surface area contributed by atoms with Gasteiger partial charge in [-0.3, -0.25) is 0 Å². The van der Waals surface area contributed by atoms with Crippen LogP contribution in [0.15, 0.2) is 231 Å². The molecular formula is C61H41N3. The smallest absolute Gasteiger partial charge is 0.165 e. The largest absolute Gasteiger partial charge is 0.208 e. The van der Waals surface area contributed by atoms with Crippen LogP contribution in [0.4, 0.5) is 0 Å². The lowest BCUT2D eigenvalue weighted by atomic mass is 9.74. The first-order valence-corrected chi connectivity index (χ1v) is 21.9. The zero-order valence-corrected chi connectivity index (χ0v) is 35.3. The summed E-state index contributed by atoms with van der Waals surface area (Å²) in [6.45, 7) is 2.37. The highest BCUT2D eigenvalue weighted by atomic mass is 15.0. The van der Waals surface area contributed by atoms with Crippen molar-refractivity contribution in [2.75, 3.05) is 0 Å². The Hall–Kier alpha value is -8.27. The number of hydrogen-bond donors (Lipinski definition) is 0. The molecule has 0 aliphatic heterocycles. The fourth-order valence-corrected chi connectivity index (χ4v) is 9.98. The van der Waals surface area contributed by atoms with Gasteiger partial charge < -0.3 is 0 Å². The lowest BCUT2D eigenvalue weighted by Crippen LogP contribution is -2.22. The number of aromatic nitrogens is 3. The van der Waals surface area contributed by atoms with Gasteiger partial charge in [0.2, 0.25) is 0 Å². The molecule has 1 heterocycles. The van der Waals surface area contributed by atoms with Crippen LogP contribution in [0.1, 0.15) is 23.6 Å². The first-order chi connectivity index (χ1) is 31.6. The van der Waals surface area contributed by atoms with Gasteiger partial charge in [0.15, 0.2) is 17.5 Å². The second-order valence-corrected chi connectivity index (χ2v) is 16.9. The Morgan fingerprint density at radius 1 is 0.297 bits per heavy atom. The number of rotatable bonds is 7. The predicted molar refractivity (Wildman–Crippen MR) is 265 cm³/mol. The Kier molecular flexibility index (Phi) is 8.94. The van der Waals surface area contributed by atoms with E-state index in [1.165, 1.54) is 44.5 Å². The molecule has 0 amide bonds. The van der Waals surface area contributed by atoms with E-state index in [4.69, 9.17) is 15.0 Å². The minimum absolute atomic E-state index is 0.255. The molecule has 12 rings (SSSR count). The summed E-state index contributed by atoms with van der Waals surface area (Å²) in [6, 6.07) is 82.5. The summed E-state index contributed by atoms with van der Waals surface area (Å²) in [5.41, 5.74) is 16.1. The van der Waals surface area contributed by atoms with Crippen LogP contribution in [0.2, 0.25) is 0 Å². The van der Waals surface area contributed by atoms with Gasteiger partial charge >= 0.3 is 0 Å². The molecule has 0 saturated heterocycles. The van der Waals surface area contributed by atoms with Crippen molar-refractivity contribution in [3.63, 3.8) is 0 Å². The molecular weight excluding hydrogens is 775 g/mol. The van der Waals surface area contributed by atoms with Crippen molar-refractivity contribution in [1.82, 2.24) is 15.0 Å². The third kappa shape index (κ3) is 6.24. The Morgan fingerprint density at radius 3 is 1.56 bits per heavy atom. The molecule has 3 heteroatoms. The van der Waals surface area contributed by atoms with E-state index in [0.717, 1.165) is 54.9 Å². The van der Waals surface area contributed by atoms with Crippen molar-refractivity contribution in [1.29, 1.82) is 0 Å². The average Bonchev–Trinajstić information content (AvgIpc) is 3.65. The summed E-state index contributed by atoms with van der Waals surface area (Å²) in [5.74, 6) is 1.89. The molecule has 11 aromatic rings. The average molecular weight is 816 g/mol. The third-order valence-corrected chi connectivity index (χ3v) is 13.2. The van der Waals surface area contributed by atoms with E-state index in [1.54, 1.807) is 0 Å². The minimum Gasteiger partial charge on any atom is -0.208 e. The van der Waals surface area contributed by atoms with Gasteiger partial charge in [-0.05, 0) is 102 Å². The summed E-state index contributed by atoms with van der Waals surface area (Å²) in [7, 11) is 0. The van der Waals surface area contributed by atoms with E-state index < -0.39 is 0 Å². The van der Waals surface area contributed by atoms with Crippen LogP contribution in [0.5, 0.6) is 0 Å². The monoisotopic (exact) mass is 815 g/mol. The summed E-state index contributed by atoms with van der Waals surface area (Å²) < 4.78 is 0. The van der Waals surface area contributed by atoms with Gasteiger partial charge in [-0.1, -0.05) is 218 Å². The van der Waals surface area contributed by atoms with Gasteiger partial charge in [0.05, 0.1) is 0 Å². The zero-order chi connectivity index (χ0) is 42.6. The molecule has 1 aromatic heterocycles. The van der Waals surface area contributed by atoms with E-state index in [0.29, 0.717) is 17.5 Å². The Bertz CT molecular complexity index is 3540. The maximum Gasteiger partial charge on any atom is 0.165 e. The molecule has 0 fully saturated rings. The fraction of sp³-hybridized carbons (Fsp3) is 0.0328. The molecule has 3 nitrogen and oxygen atoms in total. The first-order valence-electron chi connectivity index (χ1n) is 21.9. The molecule has 1 aliphatic carbocycles. The summed E-state index contributed by atoms with van der Waals surface area (Å²) in [4.78, 5) is 15.9. The quantitative estimate of drug-likeness (QED) is 0.161. The van der Waals surface area contributed by atoms with Crippen molar-refractivity contribution in [2.45, 2.75) is 12.3 Å². The molecule has 0 saturated carbocycles. The second-order valence-electron chi connectivity index (χ2n) is 16.9. The maximum atomic E-state index is 5.35. The molecule has 0 N–H and O–H groups in total. The highest BCUT2D eigenvalue weighted by Crippen LogP contribution is 2.55. The van der Waals surface area contributed by atoms with E-state index >= 15 is 0 Å². The van der Waals surface area contributed by atoms with Gasteiger partial charge in [0.1, 0.15) is 0 Å². The van der Waals surface area contributed by atoms with E-state index in [-0.39, 0.29) is 5.41 Å². The molecule has 1 aliphatic rings. The Morgan fingerprint density at radius 2 is 0.797 bits per heavy atom. The van der Waals surface area contributed by atoms with Crippen LogP contribution in [0.25, 0.3) is 100 Å². The van der Waals surface area contributed by atoms with Crippen molar-refractivity contribution >= 4 is 21.5 Å². The van der Waals surface area contributed by atoms with E-state index in [2.05, 4.69) is 231 Å². The predicted octanol–water partition coefficient (Wildman–Crippen LogP) is 15.5. The van der Waals surface area contributed by atoms with Gasteiger partial charge in [-0.15, -0.1) is 0 Å². The Labute approximate surface area is 373 Å². The third-order valence-electron chi connectivity index (χ3n) is 13.2. The van der Waals surface area contributed by atoms with Crippen LogP contribution in [-0.2, 0) is 5.41 Å². The van der Waals surface area contributed by atoms with Crippen molar-refractivity contribution in [3.05, 3.63) is 247 Å². The number of benzene rings is 10. The van der Waals surface area contributed by atoms with Gasteiger partial charge in [-0.25, -0.2) is 15.0 Å². The SMILES string of the molecule is CC1(c2ccccc2)c2ccccc2-c2c(-c3ccc4cc(-c5nc(-c6ccc(-c7ccccc7)cc6)nc(-c6c(-c7ccccc7)ccc7ccccc67)n5)ccc4c3)cccc21. The van der Waals surface area contributed by atoms with E-state index in [9.17, 15) is 0 Å². The van der Waals surface area contributed by atoms with Gasteiger partial charge in [0, 0.05) is 22.1 Å². The summed E-state index contributed by atoms with van der Waals surface area (Å²) in [5, 5.41) is 4.50. The molecule has 0 bridgehead atoms. The lowest BCUT2D eigenvalue weighted by Gasteiger charge is -2.28. The summed E-state index contributed by atoms with van der Waals surface area (Å²) in [6.07, 6.45) is 0. The molecule has 1 atom stereocenters. The molecule has 0 spiro atoms. The highest BCUT2D eigenvalue weighted by Gasteiger charge is 2.41. The Balaban J connectivity index is 0.999. The van der Waals surface area contributed by atoms with Gasteiger partial charge in [0.25, 0.3) is 0 Å². The summed E-state index contributed by atoms with van der Waals surface area (Å²) >= 11 is 0. The van der Waals surface area contributed by atoms with Crippen molar-refractivity contribution in [2.24, 2.45) is 0 Å². The maximum absolute atomic E-state index is 5.35. The normalized spacial score (nSPS) is 14.1. The molecule has 10 aromatic carbocycles. The van der Waals surface area contributed by atoms with Crippen molar-refractivity contribution < 1.29 is 0 Å². The molecule has 0 radical (unpaired) electrons. The standard InChI is InChI=1S/C61H41N3/c1-61(49-21-9-4-10-22-49)54-26-14-13-24-53(54)56-51(25-15-27-55(56)61)47-34-32-46-39-48(35-33-45(46)38-47)59-62-58(44-30-28-41(29-31-44)40-16-5-2-6-17-40)63-60(64-59)57-50-23-12-11-20-43(50)36-37-52(57)42-18-7-3-8-19-42/h2-39H,1H3.